The van der Waals surface area contributed by atoms with Crippen LogP contribution >= 0.6 is 0 Å². The molecule has 1 amide bonds. The van der Waals surface area contributed by atoms with Crippen LogP contribution in [-0.4, -0.2) is 36.8 Å². The van der Waals surface area contributed by atoms with Crippen LogP contribution in [0.4, 0.5) is 0 Å². The molecule has 1 N–H and O–H groups in total. The molecule has 4 aromatic heterocycles. The fourth-order valence-electron chi connectivity index (χ4n) is 4.36. The van der Waals surface area contributed by atoms with Gasteiger partial charge in [-0.05, 0) is 31.2 Å². The molecule has 6 aromatic rings. The van der Waals surface area contributed by atoms with Crippen LogP contribution in [0.15, 0.2) is 77.3 Å². The van der Waals surface area contributed by atoms with Gasteiger partial charge in [-0.15, -0.1) is 10.2 Å². The zero-order valence-electron chi connectivity index (χ0n) is 18.6. The molecule has 0 aliphatic heterocycles. The van der Waals surface area contributed by atoms with Crippen LogP contribution in [0, 0.1) is 6.92 Å². The summed E-state index contributed by atoms with van der Waals surface area (Å²) < 4.78 is 9.84. The largest absolute Gasteiger partial charge is 0.459 e. The summed E-state index contributed by atoms with van der Waals surface area (Å²) in [5, 5.41) is 17.9. The maximum absolute atomic E-state index is 13.1. The van der Waals surface area contributed by atoms with Gasteiger partial charge in [-0.2, -0.15) is 5.10 Å². The van der Waals surface area contributed by atoms with E-state index in [-0.39, 0.29) is 5.91 Å². The highest BCUT2D eigenvalue weighted by Gasteiger charge is 2.19. The minimum Gasteiger partial charge on any atom is -0.459 e. The van der Waals surface area contributed by atoms with Crippen molar-refractivity contribution in [1.29, 1.82) is 0 Å². The number of aryl methyl sites for hydroxylation is 1. The summed E-state index contributed by atoms with van der Waals surface area (Å²) in [5.41, 5.74) is 4.01. The molecule has 6 rings (SSSR count). The molecule has 0 unspecified atom stereocenters. The third-order valence-corrected chi connectivity index (χ3v) is 6.13. The number of furan rings is 1. The van der Waals surface area contributed by atoms with E-state index in [1.54, 1.807) is 0 Å². The molecule has 0 atom stereocenters. The van der Waals surface area contributed by atoms with Crippen LogP contribution in [-0.2, 0) is 13.0 Å². The number of pyridine rings is 1. The van der Waals surface area contributed by atoms with Crippen molar-refractivity contribution >= 4 is 33.4 Å². The van der Waals surface area contributed by atoms with Gasteiger partial charge in [0, 0.05) is 35.5 Å². The number of hydrogen-bond acceptors (Lipinski definition) is 5. The predicted molar refractivity (Wildman–Crippen MR) is 129 cm³/mol. The first-order chi connectivity index (χ1) is 16.7. The first kappa shape index (κ1) is 20.2. The molecule has 0 fully saturated rings. The van der Waals surface area contributed by atoms with E-state index in [2.05, 4.69) is 33.6 Å². The second kappa shape index (κ2) is 8.15. The molecule has 0 bridgehead atoms. The summed E-state index contributed by atoms with van der Waals surface area (Å²) in [6, 6.07) is 21.5. The first-order valence-corrected chi connectivity index (χ1v) is 11.2. The van der Waals surface area contributed by atoms with E-state index in [1.807, 2.05) is 75.9 Å². The highest BCUT2D eigenvalue weighted by molar-refractivity contribution is 6.04. The average Bonchev–Trinajstić information content (AvgIpc) is 3.54. The number of carbonyl (C=O) groups is 1. The maximum Gasteiger partial charge on any atom is 0.272 e. The maximum atomic E-state index is 13.1. The Balaban J connectivity index is 1.25. The molecule has 0 spiro atoms. The van der Waals surface area contributed by atoms with E-state index in [9.17, 15) is 4.79 Å². The quantitative estimate of drug-likeness (QED) is 0.412. The fraction of sp³-hybridized carbons (Fsp3) is 0.154. The van der Waals surface area contributed by atoms with Crippen LogP contribution < -0.4 is 5.32 Å². The SMILES string of the molecule is Cc1c(Cn2nc(C(=O)NCCc3nnc4ccccn34)c3ccccc32)oc2ccccc12. The van der Waals surface area contributed by atoms with Crippen molar-refractivity contribution in [1.82, 2.24) is 29.7 Å². The number of amides is 1. The molecule has 0 radical (unpaired) electrons. The van der Waals surface area contributed by atoms with Crippen molar-refractivity contribution < 1.29 is 9.21 Å². The van der Waals surface area contributed by atoms with E-state index >= 15 is 0 Å². The Morgan fingerprint density at radius 2 is 1.76 bits per heavy atom. The highest BCUT2D eigenvalue weighted by Crippen LogP contribution is 2.27. The molecule has 0 saturated carbocycles. The summed E-state index contributed by atoms with van der Waals surface area (Å²) in [6.07, 6.45) is 2.48. The Bertz CT molecular complexity index is 1660. The molecule has 34 heavy (non-hydrogen) atoms. The first-order valence-electron chi connectivity index (χ1n) is 11.2. The summed E-state index contributed by atoms with van der Waals surface area (Å²) in [7, 11) is 0. The number of fused-ring (bicyclic) bond motifs is 3. The molecule has 168 valence electrons. The van der Waals surface area contributed by atoms with E-state index in [1.165, 1.54) is 0 Å². The fourth-order valence-corrected chi connectivity index (χ4v) is 4.36. The third kappa shape index (κ3) is 3.40. The number of hydrogen-bond donors (Lipinski definition) is 1. The van der Waals surface area contributed by atoms with Crippen LogP contribution in [0.2, 0.25) is 0 Å². The smallest absolute Gasteiger partial charge is 0.272 e. The van der Waals surface area contributed by atoms with Gasteiger partial charge in [0.15, 0.2) is 11.3 Å². The number of benzene rings is 2. The normalized spacial score (nSPS) is 11.6. The Morgan fingerprint density at radius 1 is 0.971 bits per heavy atom. The minimum atomic E-state index is -0.218. The summed E-state index contributed by atoms with van der Waals surface area (Å²) >= 11 is 0. The molecular weight excluding hydrogens is 428 g/mol. The molecular formula is C26H22N6O2. The Labute approximate surface area is 194 Å². The zero-order valence-corrected chi connectivity index (χ0v) is 18.6. The van der Waals surface area contributed by atoms with E-state index in [4.69, 9.17) is 4.42 Å². The molecule has 8 heteroatoms. The Kier molecular flexibility index (Phi) is 4.83. The standard InChI is InChI=1S/C26H22N6O2/c1-17-18-8-3-5-11-21(18)34-22(17)16-32-20-10-4-2-9-19(20)25(30-32)26(33)27-14-13-24-29-28-23-12-6-7-15-31(23)24/h2-12,15H,13-14,16H2,1H3,(H,27,33). The number of nitrogens with one attached hydrogen (secondary N) is 1. The van der Waals surface area contributed by atoms with Crippen LogP contribution in [0.25, 0.3) is 27.5 Å². The lowest BCUT2D eigenvalue weighted by Crippen LogP contribution is -2.27. The number of rotatable bonds is 6. The van der Waals surface area contributed by atoms with Crippen LogP contribution in [0.3, 0.4) is 0 Å². The van der Waals surface area contributed by atoms with Crippen LogP contribution in [0.5, 0.6) is 0 Å². The van der Waals surface area contributed by atoms with Crippen molar-refractivity contribution in [2.75, 3.05) is 6.54 Å². The average molecular weight is 451 g/mol. The minimum absolute atomic E-state index is 0.218. The molecule has 0 aliphatic rings. The lowest BCUT2D eigenvalue weighted by Gasteiger charge is -2.03. The Hall–Kier alpha value is -4.46. The van der Waals surface area contributed by atoms with Gasteiger partial charge in [0.2, 0.25) is 0 Å². The van der Waals surface area contributed by atoms with Gasteiger partial charge in [0.25, 0.3) is 5.91 Å². The van der Waals surface area contributed by atoms with Crippen molar-refractivity contribution in [3.63, 3.8) is 0 Å². The topological polar surface area (TPSA) is 90.2 Å². The van der Waals surface area contributed by atoms with Crippen molar-refractivity contribution in [3.8, 4) is 0 Å². The molecule has 0 saturated heterocycles. The van der Waals surface area contributed by atoms with E-state index in [0.717, 1.165) is 44.7 Å². The zero-order chi connectivity index (χ0) is 23.1. The molecule has 4 heterocycles. The van der Waals surface area contributed by atoms with Crippen molar-refractivity contribution in [2.45, 2.75) is 19.9 Å². The summed E-state index contributed by atoms with van der Waals surface area (Å²) in [5.74, 6) is 1.41. The van der Waals surface area contributed by atoms with Gasteiger partial charge in [0.1, 0.15) is 17.2 Å². The van der Waals surface area contributed by atoms with Gasteiger partial charge < -0.3 is 9.73 Å². The van der Waals surface area contributed by atoms with Gasteiger partial charge >= 0.3 is 0 Å². The highest BCUT2D eigenvalue weighted by atomic mass is 16.3. The van der Waals surface area contributed by atoms with Gasteiger partial charge in [-0.3, -0.25) is 13.9 Å². The number of carbonyl (C=O) groups excluding carboxylic acids is 1. The van der Waals surface area contributed by atoms with Crippen molar-refractivity contribution in [2.24, 2.45) is 0 Å². The molecule has 2 aromatic carbocycles. The summed E-state index contributed by atoms with van der Waals surface area (Å²) in [6.45, 7) is 2.92. The lowest BCUT2D eigenvalue weighted by molar-refractivity contribution is 0.0949. The third-order valence-electron chi connectivity index (χ3n) is 6.13. The number of nitrogens with zero attached hydrogens (tertiary/aromatic N) is 5. The second-order valence-electron chi connectivity index (χ2n) is 8.22. The van der Waals surface area contributed by atoms with Gasteiger partial charge in [0.05, 0.1) is 12.1 Å². The monoisotopic (exact) mass is 450 g/mol. The lowest BCUT2D eigenvalue weighted by atomic mass is 10.1. The molecule has 0 aliphatic carbocycles. The van der Waals surface area contributed by atoms with Gasteiger partial charge in [-0.25, -0.2) is 0 Å². The predicted octanol–water partition coefficient (Wildman–Crippen LogP) is 4.15. The van der Waals surface area contributed by atoms with Crippen molar-refractivity contribution in [3.05, 3.63) is 95.8 Å². The molecule has 8 nitrogen and oxygen atoms in total. The van der Waals surface area contributed by atoms with Gasteiger partial charge in [-0.1, -0.05) is 42.5 Å². The second-order valence-corrected chi connectivity index (χ2v) is 8.22. The number of aromatic nitrogens is 5. The number of para-hydroxylation sites is 2. The van der Waals surface area contributed by atoms with E-state index in [0.29, 0.717) is 25.2 Å². The van der Waals surface area contributed by atoms with Crippen LogP contribution in [0.1, 0.15) is 27.6 Å². The summed E-state index contributed by atoms with van der Waals surface area (Å²) in [4.78, 5) is 13.1. The Morgan fingerprint density at radius 3 is 2.65 bits per heavy atom. The van der Waals surface area contributed by atoms with E-state index < -0.39 is 0 Å².